The van der Waals surface area contributed by atoms with E-state index in [9.17, 15) is 4.79 Å². The molecule has 2 aromatic rings. The number of anilines is 1. The number of carbonyl (C=O) groups is 1. The minimum atomic E-state index is 0.142. The molecule has 7 nitrogen and oxygen atoms in total. The van der Waals surface area contributed by atoms with Crippen molar-refractivity contribution in [2.24, 2.45) is 0 Å². The number of para-hydroxylation sites is 1. The van der Waals surface area contributed by atoms with E-state index in [0.717, 1.165) is 17.0 Å². The number of amides is 1. The number of benzene rings is 1. The van der Waals surface area contributed by atoms with Crippen molar-refractivity contribution < 1.29 is 9.53 Å². The second-order valence-corrected chi connectivity index (χ2v) is 6.49. The van der Waals surface area contributed by atoms with E-state index in [4.69, 9.17) is 10.00 Å². The maximum atomic E-state index is 12.6. The van der Waals surface area contributed by atoms with E-state index in [-0.39, 0.29) is 5.91 Å². The summed E-state index contributed by atoms with van der Waals surface area (Å²) in [5.41, 5.74) is 2.18. The largest absolute Gasteiger partial charge is 0.496 e. The van der Waals surface area contributed by atoms with Gasteiger partial charge in [0.1, 0.15) is 17.5 Å². The van der Waals surface area contributed by atoms with Gasteiger partial charge in [-0.1, -0.05) is 18.2 Å². The van der Waals surface area contributed by atoms with E-state index in [1.54, 1.807) is 13.2 Å². The third-order valence-corrected chi connectivity index (χ3v) is 4.67. The van der Waals surface area contributed by atoms with Crippen molar-refractivity contribution in [3.63, 3.8) is 0 Å². The van der Waals surface area contributed by atoms with Gasteiger partial charge in [-0.3, -0.25) is 4.79 Å². The summed E-state index contributed by atoms with van der Waals surface area (Å²) in [6.07, 6.45) is 1.12. The fraction of sp³-hybridized carbons (Fsp3) is 0.400. The first kappa shape index (κ1) is 18.6. The number of nitriles is 1. The summed E-state index contributed by atoms with van der Waals surface area (Å²) in [6.45, 7) is 4.43. The third-order valence-electron chi connectivity index (χ3n) is 4.67. The monoisotopic (exact) mass is 365 g/mol. The summed E-state index contributed by atoms with van der Waals surface area (Å²) < 4.78 is 5.35. The minimum Gasteiger partial charge on any atom is -0.496 e. The van der Waals surface area contributed by atoms with Crippen molar-refractivity contribution in [3.8, 4) is 11.8 Å². The Balaban J connectivity index is 1.55. The van der Waals surface area contributed by atoms with Gasteiger partial charge >= 0.3 is 0 Å². The van der Waals surface area contributed by atoms with Crippen LogP contribution in [0.25, 0.3) is 0 Å². The van der Waals surface area contributed by atoms with Crippen molar-refractivity contribution in [2.75, 3.05) is 38.2 Å². The molecular weight excluding hydrogens is 342 g/mol. The van der Waals surface area contributed by atoms with E-state index < -0.39 is 0 Å². The van der Waals surface area contributed by atoms with Gasteiger partial charge in [-0.2, -0.15) is 5.26 Å². The van der Waals surface area contributed by atoms with Crippen molar-refractivity contribution in [2.45, 2.75) is 19.8 Å². The number of hydrogen-bond donors (Lipinski definition) is 0. The molecule has 1 amide bonds. The van der Waals surface area contributed by atoms with Gasteiger partial charge in [0.25, 0.3) is 0 Å². The van der Waals surface area contributed by atoms with E-state index in [0.29, 0.717) is 50.7 Å². The van der Waals surface area contributed by atoms with Crippen LogP contribution in [0.3, 0.4) is 0 Å². The predicted molar refractivity (Wildman–Crippen MR) is 102 cm³/mol. The standard InChI is InChI=1S/C20H23N5O2/c1-15-13-17(14-21)23-20(22-15)25-11-9-24(10-12-25)19(26)8-7-16-5-3-4-6-18(16)27-2/h3-6,13H,7-12H2,1-2H3. The predicted octanol–water partition coefficient (Wildman–Crippen LogP) is 1.95. The number of carbonyl (C=O) groups excluding carboxylic acids is 1. The highest BCUT2D eigenvalue weighted by atomic mass is 16.5. The van der Waals surface area contributed by atoms with Gasteiger partial charge in [0.15, 0.2) is 0 Å². The Kier molecular flexibility index (Phi) is 5.87. The lowest BCUT2D eigenvalue weighted by Crippen LogP contribution is -2.49. The normalized spacial score (nSPS) is 14.0. The number of rotatable bonds is 5. The molecule has 1 fully saturated rings. The SMILES string of the molecule is COc1ccccc1CCC(=O)N1CCN(c2nc(C)cc(C#N)n2)CC1. The Morgan fingerprint density at radius 1 is 1.22 bits per heavy atom. The first-order valence-electron chi connectivity index (χ1n) is 9.01. The van der Waals surface area contributed by atoms with Crippen molar-refractivity contribution in [1.82, 2.24) is 14.9 Å². The maximum Gasteiger partial charge on any atom is 0.226 e. The van der Waals surface area contributed by atoms with Crippen LogP contribution in [-0.4, -0.2) is 54.1 Å². The molecule has 1 aliphatic heterocycles. The molecule has 0 N–H and O–H groups in total. The maximum absolute atomic E-state index is 12.6. The van der Waals surface area contributed by atoms with Gasteiger partial charge in [0.05, 0.1) is 7.11 Å². The molecule has 0 unspecified atom stereocenters. The molecule has 1 aliphatic rings. The molecule has 2 heterocycles. The zero-order valence-electron chi connectivity index (χ0n) is 15.7. The summed E-state index contributed by atoms with van der Waals surface area (Å²) in [7, 11) is 1.64. The summed E-state index contributed by atoms with van der Waals surface area (Å²) >= 11 is 0. The van der Waals surface area contributed by atoms with Crippen LogP contribution in [0.1, 0.15) is 23.4 Å². The summed E-state index contributed by atoms with van der Waals surface area (Å²) in [5, 5.41) is 9.07. The molecule has 0 saturated carbocycles. The smallest absolute Gasteiger partial charge is 0.226 e. The molecule has 7 heteroatoms. The molecule has 0 aliphatic carbocycles. The van der Waals surface area contributed by atoms with Crippen LogP contribution in [0.4, 0.5) is 5.95 Å². The first-order valence-corrected chi connectivity index (χ1v) is 9.01. The topological polar surface area (TPSA) is 82.4 Å². The van der Waals surface area contributed by atoms with Gasteiger partial charge in [0.2, 0.25) is 11.9 Å². The van der Waals surface area contributed by atoms with Gasteiger partial charge in [-0.25, -0.2) is 9.97 Å². The highest BCUT2D eigenvalue weighted by Crippen LogP contribution is 2.20. The number of hydrogen-bond acceptors (Lipinski definition) is 6. The Morgan fingerprint density at radius 3 is 2.67 bits per heavy atom. The van der Waals surface area contributed by atoms with Crippen molar-refractivity contribution >= 4 is 11.9 Å². The second-order valence-electron chi connectivity index (χ2n) is 6.49. The number of aromatic nitrogens is 2. The molecule has 1 aromatic heterocycles. The molecular formula is C20H23N5O2. The molecule has 3 rings (SSSR count). The molecule has 1 saturated heterocycles. The zero-order valence-corrected chi connectivity index (χ0v) is 15.7. The average Bonchev–Trinajstić information content (AvgIpc) is 2.71. The van der Waals surface area contributed by atoms with Crippen LogP contribution in [0, 0.1) is 18.3 Å². The molecule has 27 heavy (non-hydrogen) atoms. The zero-order chi connectivity index (χ0) is 19.2. The molecule has 0 radical (unpaired) electrons. The van der Waals surface area contributed by atoms with E-state index in [1.807, 2.05) is 41.0 Å². The Labute approximate surface area is 159 Å². The molecule has 0 bridgehead atoms. The van der Waals surface area contributed by atoms with Gasteiger partial charge < -0.3 is 14.5 Å². The van der Waals surface area contributed by atoms with Gasteiger partial charge in [-0.15, -0.1) is 0 Å². The van der Waals surface area contributed by atoms with Crippen molar-refractivity contribution in [3.05, 3.63) is 47.3 Å². The van der Waals surface area contributed by atoms with Crippen LogP contribution < -0.4 is 9.64 Å². The third kappa shape index (κ3) is 4.53. The van der Waals surface area contributed by atoms with E-state index in [2.05, 4.69) is 16.0 Å². The number of aryl methyl sites for hydroxylation is 2. The number of piperazine rings is 1. The van der Waals surface area contributed by atoms with Crippen LogP contribution in [-0.2, 0) is 11.2 Å². The molecule has 140 valence electrons. The summed E-state index contributed by atoms with van der Waals surface area (Å²) in [4.78, 5) is 25.2. The molecule has 0 spiro atoms. The van der Waals surface area contributed by atoms with Crippen LogP contribution in [0.15, 0.2) is 30.3 Å². The Bertz CT molecular complexity index is 854. The van der Waals surface area contributed by atoms with Crippen LogP contribution in [0.5, 0.6) is 5.75 Å². The lowest BCUT2D eigenvalue weighted by Gasteiger charge is -2.35. The van der Waals surface area contributed by atoms with Crippen molar-refractivity contribution in [1.29, 1.82) is 5.26 Å². The summed E-state index contributed by atoms with van der Waals surface area (Å²) in [5.74, 6) is 1.52. The summed E-state index contributed by atoms with van der Waals surface area (Å²) in [6, 6.07) is 11.5. The molecule has 1 aromatic carbocycles. The second kappa shape index (κ2) is 8.49. The fourth-order valence-electron chi connectivity index (χ4n) is 3.22. The van der Waals surface area contributed by atoms with Crippen LogP contribution in [0.2, 0.25) is 0 Å². The Morgan fingerprint density at radius 2 is 1.96 bits per heavy atom. The minimum absolute atomic E-state index is 0.142. The van der Waals surface area contributed by atoms with Gasteiger partial charge in [-0.05, 0) is 31.0 Å². The average molecular weight is 365 g/mol. The lowest BCUT2D eigenvalue weighted by molar-refractivity contribution is -0.131. The molecule has 0 atom stereocenters. The lowest BCUT2D eigenvalue weighted by atomic mass is 10.1. The number of methoxy groups -OCH3 is 1. The Hall–Kier alpha value is -3.14. The number of ether oxygens (including phenoxy) is 1. The first-order chi connectivity index (χ1) is 13.1. The van der Waals surface area contributed by atoms with E-state index in [1.165, 1.54) is 0 Å². The van der Waals surface area contributed by atoms with E-state index >= 15 is 0 Å². The quantitative estimate of drug-likeness (QED) is 0.805. The highest BCUT2D eigenvalue weighted by molar-refractivity contribution is 5.76. The van der Waals surface area contributed by atoms with Gasteiger partial charge in [0, 0.05) is 38.3 Å². The van der Waals surface area contributed by atoms with Crippen LogP contribution >= 0.6 is 0 Å². The highest BCUT2D eigenvalue weighted by Gasteiger charge is 2.23. The number of nitrogens with zero attached hydrogens (tertiary/aromatic N) is 5. The fourth-order valence-corrected chi connectivity index (χ4v) is 3.22.